The Morgan fingerprint density at radius 2 is 2.27 bits per heavy atom. The first kappa shape index (κ1) is 10.4. The highest BCUT2D eigenvalue weighted by Crippen LogP contribution is 2.43. The molecule has 0 aliphatic carbocycles. The predicted octanol–water partition coefficient (Wildman–Crippen LogP) is 4.28. The Kier molecular flexibility index (Phi) is 2.43. The van der Waals surface area contributed by atoms with E-state index in [1.807, 2.05) is 24.3 Å². The second-order valence-corrected chi connectivity index (χ2v) is 4.62. The molecule has 1 unspecified atom stereocenters. The topological polar surface area (TPSA) is 12.4 Å². The molecule has 0 aromatic heterocycles. The minimum absolute atomic E-state index is 0.0258. The van der Waals surface area contributed by atoms with E-state index in [4.69, 9.17) is 11.6 Å². The van der Waals surface area contributed by atoms with Crippen molar-refractivity contribution in [1.29, 1.82) is 0 Å². The number of allylic oxidation sites excluding steroid dienone is 1. The molecule has 1 heterocycles. The minimum Gasteiger partial charge on any atom is -0.257 e. The molecule has 1 atom stereocenters. The molecule has 2 rings (SSSR count). The number of rotatable bonds is 2. The van der Waals surface area contributed by atoms with E-state index >= 15 is 0 Å². The smallest absolute Gasteiger partial charge is 0.0671 e. The van der Waals surface area contributed by atoms with Crippen LogP contribution in [0.5, 0.6) is 0 Å². The number of aliphatic imine (C=N–C) groups is 1. The summed E-state index contributed by atoms with van der Waals surface area (Å²) >= 11 is 6.02. The molecule has 2 heteroatoms. The summed E-state index contributed by atoms with van der Waals surface area (Å²) in [4.78, 5) is 4.58. The highest BCUT2D eigenvalue weighted by atomic mass is 35.5. The minimum atomic E-state index is -0.0258. The van der Waals surface area contributed by atoms with E-state index in [-0.39, 0.29) is 5.41 Å². The maximum absolute atomic E-state index is 6.02. The summed E-state index contributed by atoms with van der Waals surface area (Å²) in [5.41, 5.74) is 3.37. The SMILES string of the molecule is C=CCC1(C)C(C)=Nc2ccc(Cl)cc21. The molecule has 78 valence electrons. The second-order valence-electron chi connectivity index (χ2n) is 4.18. The van der Waals surface area contributed by atoms with E-state index in [2.05, 4.69) is 25.4 Å². The van der Waals surface area contributed by atoms with Crippen molar-refractivity contribution in [2.75, 3.05) is 0 Å². The largest absolute Gasteiger partial charge is 0.257 e. The van der Waals surface area contributed by atoms with Gasteiger partial charge in [0.25, 0.3) is 0 Å². The monoisotopic (exact) mass is 219 g/mol. The molecule has 15 heavy (non-hydrogen) atoms. The van der Waals surface area contributed by atoms with Gasteiger partial charge in [-0.05, 0) is 44.0 Å². The van der Waals surface area contributed by atoms with Crippen LogP contribution in [0.1, 0.15) is 25.8 Å². The van der Waals surface area contributed by atoms with Crippen LogP contribution in [0.15, 0.2) is 35.8 Å². The van der Waals surface area contributed by atoms with Crippen LogP contribution in [0.25, 0.3) is 0 Å². The lowest BCUT2D eigenvalue weighted by molar-refractivity contribution is 0.662. The van der Waals surface area contributed by atoms with Crippen molar-refractivity contribution >= 4 is 23.0 Å². The van der Waals surface area contributed by atoms with Crippen molar-refractivity contribution in [2.45, 2.75) is 25.7 Å². The zero-order chi connectivity index (χ0) is 11.1. The van der Waals surface area contributed by atoms with Crippen molar-refractivity contribution in [3.05, 3.63) is 41.4 Å². The third-order valence-corrected chi connectivity index (χ3v) is 3.43. The number of hydrogen-bond acceptors (Lipinski definition) is 1. The first-order valence-corrected chi connectivity index (χ1v) is 5.42. The molecule has 0 bridgehead atoms. The molecule has 1 aromatic carbocycles. The maximum atomic E-state index is 6.02. The van der Waals surface area contributed by atoms with Crippen LogP contribution in [0.3, 0.4) is 0 Å². The van der Waals surface area contributed by atoms with Crippen LogP contribution in [0.4, 0.5) is 5.69 Å². The Hall–Kier alpha value is -1.08. The lowest BCUT2D eigenvalue weighted by atomic mass is 9.77. The van der Waals surface area contributed by atoms with Gasteiger partial charge in [0.05, 0.1) is 5.69 Å². The first-order chi connectivity index (χ1) is 7.08. The molecular weight excluding hydrogens is 206 g/mol. The van der Waals surface area contributed by atoms with Crippen molar-refractivity contribution < 1.29 is 0 Å². The number of benzene rings is 1. The van der Waals surface area contributed by atoms with Gasteiger partial charge in [-0.2, -0.15) is 0 Å². The van der Waals surface area contributed by atoms with Gasteiger partial charge in [0, 0.05) is 16.1 Å². The Labute approximate surface area is 95.5 Å². The maximum Gasteiger partial charge on any atom is 0.0671 e. The number of hydrogen-bond donors (Lipinski definition) is 0. The summed E-state index contributed by atoms with van der Waals surface area (Å²) in [5.74, 6) is 0. The molecule has 0 saturated carbocycles. The zero-order valence-electron chi connectivity index (χ0n) is 9.05. The number of nitrogens with zero attached hydrogens (tertiary/aromatic N) is 1. The summed E-state index contributed by atoms with van der Waals surface area (Å²) in [6, 6.07) is 5.88. The third-order valence-electron chi connectivity index (χ3n) is 3.19. The van der Waals surface area contributed by atoms with E-state index in [0.717, 1.165) is 22.8 Å². The second kappa shape index (κ2) is 3.49. The van der Waals surface area contributed by atoms with Crippen LogP contribution < -0.4 is 0 Å². The van der Waals surface area contributed by atoms with Gasteiger partial charge in [0.1, 0.15) is 0 Å². The summed E-state index contributed by atoms with van der Waals surface area (Å²) in [5, 5.41) is 0.772. The number of halogens is 1. The summed E-state index contributed by atoms with van der Waals surface area (Å²) < 4.78 is 0. The van der Waals surface area contributed by atoms with E-state index < -0.39 is 0 Å². The standard InChI is InChI=1S/C13H14ClN/c1-4-7-13(3)9(2)15-12-6-5-10(14)8-11(12)13/h4-6,8H,1,7H2,2-3H3. The van der Waals surface area contributed by atoms with Crippen LogP contribution in [0.2, 0.25) is 5.02 Å². The van der Waals surface area contributed by atoms with E-state index in [1.54, 1.807) is 0 Å². The fraction of sp³-hybridized carbons (Fsp3) is 0.308. The molecule has 1 nitrogen and oxygen atoms in total. The summed E-state index contributed by atoms with van der Waals surface area (Å²) in [6.07, 6.45) is 2.84. The summed E-state index contributed by atoms with van der Waals surface area (Å²) in [7, 11) is 0. The molecule has 0 radical (unpaired) electrons. The lowest BCUT2D eigenvalue weighted by Crippen LogP contribution is -2.26. The van der Waals surface area contributed by atoms with Crippen LogP contribution in [-0.4, -0.2) is 5.71 Å². The molecule has 0 N–H and O–H groups in total. The van der Waals surface area contributed by atoms with Gasteiger partial charge in [-0.1, -0.05) is 17.7 Å². The average molecular weight is 220 g/mol. The molecule has 1 aliphatic rings. The van der Waals surface area contributed by atoms with Gasteiger partial charge in [-0.25, -0.2) is 0 Å². The van der Waals surface area contributed by atoms with E-state index in [1.165, 1.54) is 5.56 Å². The average Bonchev–Trinajstić information content (AvgIpc) is 2.42. The van der Waals surface area contributed by atoms with Gasteiger partial charge in [0.15, 0.2) is 0 Å². The van der Waals surface area contributed by atoms with Gasteiger partial charge < -0.3 is 0 Å². The third kappa shape index (κ3) is 1.51. The highest BCUT2D eigenvalue weighted by Gasteiger charge is 2.35. The van der Waals surface area contributed by atoms with Gasteiger partial charge in [-0.15, -0.1) is 6.58 Å². The van der Waals surface area contributed by atoms with Gasteiger partial charge >= 0.3 is 0 Å². The zero-order valence-corrected chi connectivity index (χ0v) is 9.80. The van der Waals surface area contributed by atoms with Crippen LogP contribution in [-0.2, 0) is 5.41 Å². The quantitative estimate of drug-likeness (QED) is 0.659. The molecule has 0 amide bonds. The van der Waals surface area contributed by atoms with E-state index in [0.29, 0.717) is 0 Å². The molecule has 0 fully saturated rings. The Morgan fingerprint density at radius 1 is 1.53 bits per heavy atom. The number of fused-ring (bicyclic) bond motifs is 1. The van der Waals surface area contributed by atoms with Crippen LogP contribution in [0, 0.1) is 0 Å². The van der Waals surface area contributed by atoms with Gasteiger partial charge in [0.2, 0.25) is 0 Å². The first-order valence-electron chi connectivity index (χ1n) is 5.04. The van der Waals surface area contributed by atoms with Crippen LogP contribution >= 0.6 is 11.6 Å². The molecule has 1 aromatic rings. The Morgan fingerprint density at radius 3 is 2.93 bits per heavy atom. The van der Waals surface area contributed by atoms with Crippen molar-refractivity contribution in [2.24, 2.45) is 4.99 Å². The fourth-order valence-electron chi connectivity index (χ4n) is 2.09. The predicted molar refractivity (Wildman–Crippen MR) is 66.4 cm³/mol. The normalized spacial score (nSPS) is 23.5. The van der Waals surface area contributed by atoms with Crippen molar-refractivity contribution in [3.8, 4) is 0 Å². The fourth-order valence-corrected chi connectivity index (χ4v) is 2.27. The molecular formula is C13H14ClN. The highest BCUT2D eigenvalue weighted by molar-refractivity contribution is 6.30. The molecule has 0 spiro atoms. The summed E-state index contributed by atoms with van der Waals surface area (Å²) in [6.45, 7) is 8.07. The van der Waals surface area contributed by atoms with Crippen molar-refractivity contribution in [1.82, 2.24) is 0 Å². The lowest BCUT2D eigenvalue weighted by Gasteiger charge is -2.24. The molecule has 1 aliphatic heterocycles. The van der Waals surface area contributed by atoms with Gasteiger partial charge in [-0.3, -0.25) is 4.99 Å². The Balaban J connectivity index is 2.58. The Bertz CT molecular complexity index is 448. The van der Waals surface area contributed by atoms with E-state index in [9.17, 15) is 0 Å². The van der Waals surface area contributed by atoms with Crippen molar-refractivity contribution in [3.63, 3.8) is 0 Å². The molecule has 0 saturated heterocycles.